The number of carbonyl (C=O) groups is 2. The summed E-state index contributed by atoms with van der Waals surface area (Å²) in [6, 6.07) is 9.40. The van der Waals surface area contributed by atoms with Crippen LogP contribution in [0, 0.1) is 0 Å². The van der Waals surface area contributed by atoms with Crippen molar-refractivity contribution in [3.05, 3.63) is 65.6 Å². The molecule has 122 valence electrons. The number of Topliss-reactive ketones (excluding diaryl/α,β-unsaturated/α-hetero) is 2. The molecule has 0 spiro atoms. The fraction of sp³-hybridized carbons (Fsp3) is 0.176. The number of aromatic amines is 1. The van der Waals surface area contributed by atoms with E-state index in [1.165, 1.54) is 12.6 Å². The van der Waals surface area contributed by atoms with Crippen LogP contribution in [0.2, 0.25) is 0 Å². The van der Waals surface area contributed by atoms with E-state index >= 15 is 0 Å². The van der Waals surface area contributed by atoms with Crippen molar-refractivity contribution in [2.45, 2.75) is 12.8 Å². The van der Waals surface area contributed by atoms with Crippen molar-refractivity contribution in [2.75, 3.05) is 7.11 Å². The summed E-state index contributed by atoms with van der Waals surface area (Å²) in [4.78, 5) is 27.5. The van der Waals surface area contributed by atoms with Crippen molar-refractivity contribution in [3.63, 3.8) is 0 Å². The Morgan fingerprint density at radius 3 is 2.67 bits per heavy atom. The molecule has 7 heteroatoms. The molecule has 0 saturated heterocycles. The lowest BCUT2D eigenvalue weighted by Crippen LogP contribution is -2.17. The van der Waals surface area contributed by atoms with Crippen LogP contribution in [0.1, 0.15) is 27.5 Å². The maximum atomic E-state index is 11.9. The molecule has 0 radical (unpaired) electrons. The monoisotopic (exact) mass is 325 g/mol. The predicted octanol–water partition coefficient (Wildman–Crippen LogP) is 1.99. The highest BCUT2D eigenvalue weighted by atomic mass is 16.5. The minimum Gasteiger partial charge on any atom is -0.497 e. The van der Waals surface area contributed by atoms with E-state index < -0.39 is 11.6 Å². The van der Waals surface area contributed by atoms with E-state index in [4.69, 9.17) is 9.15 Å². The number of ether oxygens (including phenoxy) is 1. The predicted molar refractivity (Wildman–Crippen MR) is 83.9 cm³/mol. The Morgan fingerprint density at radius 1 is 1.21 bits per heavy atom. The molecule has 3 aromatic rings. The van der Waals surface area contributed by atoms with Crippen LogP contribution in [-0.2, 0) is 17.6 Å². The summed E-state index contributed by atoms with van der Waals surface area (Å²) in [5.41, 5.74) is 1.70. The molecular formula is C17H15N3O4. The van der Waals surface area contributed by atoms with Gasteiger partial charge in [-0.15, -0.1) is 5.10 Å². The van der Waals surface area contributed by atoms with Gasteiger partial charge < -0.3 is 9.15 Å². The second kappa shape index (κ2) is 6.91. The average molecular weight is 325 g/mol. The van der Waals surface area contributed by atoms with Gasteiger partial charge in [-0.2, -0.15) is 0 Å². The van der Waals surface area contributed by atoms with Gasteiger partial charge in [0, 0.05) is 12.8 Å². The molecule has 1 aromatic carbocycles. The number of ketones is 2. The Labute approximate surface area is 137 Å². The summed E-state index contributed by atoms with van der Waals surface area (Å²) < 4.78 is 10.6. The van der Waals surface area contributed by atoms with Gasteiger partial charge in [0.15, 0.2) is 0 Å². The molecule has 7 nitrogen and oxygen atoms in total. The van der Waals surface area contributed by atoms with Crippen LogP contribution in [0.5, 0.6) is 5.75 Å². The van der Waals surface area contributed by atoms with Gasteiger partial charge in [-0.3, -0.25) is 14.7 Å². The van der Waals surface area contributed by atoms with Crippen LogP contribution < -0.4 is 4.74 Å². The van der Waals surface area contributed by atoms with Gasteiger partial charge in [0.1, 0.15) is 17.8 Å². The van der Waals surface area contributed by atoms with Crippen molar-refractivity contribution in [2.24, 2.45) is 0 Å². The number of hydrogen-bond donors (Lipinski definition) is 1. The summed E-state index contributed by atoms with van der Waals surface area (Å²) in [6.07, 6.45) is 3.29. The first-order chi connectivity index (χ1) is 11.7. The smallest absolute Gasteiger partial charge is 0.267 e. The van der Waals surface area contributed by atoms with E-state index in [-0.39, 0.29) is 12.2 Å². The lowest BCUT2D eigenvalue weighted by atomic mass is 10.1. The van der Waals surface area contributed by atoms with Crippen LogP contribution in [0.15, 0.2) is 47.3 Å². The normalized spacial score (nSPS) is 10.5. The summed E-state index contributed by atoms with van der Waals surface area (Å²) in [5, 5.41) is 6.02. The number of nitrogens with one attached hydrogen (secondary N) is 1. The number of hydrogen-bond acceptors (Lipinski definition) is 6. The fourth-order valence-corrected chi connectivity index (χ4v) is 2.26. The van der Waals surface area contributed by atoms with E-state index in [1.807, 2.05) is 24.3 Å². The zero-order chi connectivity index (χ0) is 16.9. The van der Waals surface area contributed by atoms with Gasteiger partial charge in [0.2, 0.25) is 11.6 Å². The SMILES string of the molecule is COc1ccc(Cc2cc(CC(=O)C(=O)c3nc[nH]n3)co2)cc1. The third kappa shape index (κ3) is 3.57. The minimum absolute atomic E-state index is 0.0422. The highest BCUT2D eigenvalue weighted by Gasteiger charge is 2.20. The van der Waals surface area contributed by atoms with Crippen LogP contribution in [0.4, 0.5) is 0 Å². The molecule has 2 heterocycles. The first-order valence-electron chi connectivity index (χ1n) is 7.28. The zero-order valence-corrected chi connectivity index (χ0v) is 13.0. The van der Waals surface area contributed by atoms with Gasteiger partial charge >= 0.3 is 0 Å². The third-order valence-corrected chi connectivity index (χ3v) is 3.48. The van der Waals surface area contributed by atoms with E-state index in [0.717, 1.165) is 11.3 Å². The van der Waals surface area contributed by atoms with Crippen LogP contribution in [0.25, 0.3) is 0 Å². The molecule has 0 atom stereocenters. The second-order valence-electron chi connectivity index (χ2n) is 5.20. The third-order valence-electron chi connectivity index (χ3n) is 3.48. The molecule has 0 fully saturated rings. The topological polar surface area (TPSA) is 98.1 Å². The Balaban J connectivity index is 1.62. The summed E-state index contributed by atoms with van der Waals surface area (Å²) >= 11 is 0. The summed E-state index contributed by atoms with van der Waals surface area (Å²) in [6.45, 7) is 0. The molecule has 0 bridgehead atoms. The van der Waals surface area contributed by atoms with Crippen molar-refractivity contribution < 1.29 is 18.7 Å². The number of aromatic nitrogens is 3. The van der Waals surface area contributed by atoms with E-state index in [0.29, 0.717) is 17.7 Å². The number of benzene rings is 1. The maximum absolute atomic E-state index is 11.9. The fourth-order valence-electron chi connectivity index (χ4n) is 2.26. The minimum atomic E-state index is -0.714. The number of carbonyl (C=O) groups excluding carboxylic acids is 2. The zero-order valence-electron chi connectivity index (χ0n) is 13.0. The largest absolute Gasteiger partial charge is 0.497 e. The molecule has 24 heavy (non-hydrogen) atoms. The lowest BCUT2D eigenvalue weighted by Gasteiger charge is -2.01. The highest BCUT2D eigenvalue weighted by Crippen LogP contribution is 2.17. The molecule has 0 aliphatic carbocycles. The standard InChI is InChI=1S/C17H15N3O4/c1-23-13-4-2-11(3-5-13)6-14-7-12(9-24-14)8-15(21)16(22)17-18-10-19-20-17/h2-5,7,9-10H,6,8H2,1H3,(H,18,19,20). The van der Waals surface area contributed by atoms with Crippen molar-refractivity contribution in [1.82, 2.24) is 15.2 Å². The number of methoxy groups -OCH3 is 1. The average Bonchev–Trinajstić information content (AvgIpc) is 3.27. The van der Waals surface area contributed by atoms with E-state index in [9.17, 15) is 9.59 Å². The highest BCUT2D eigenvalue weighted by molar-refractivity contribution is 6.43. The van der Waals surface area contributed by atoms with Gasteiger partial charge in [0.25, 0.3) is 5.78 Å². The molecule has 0 aliphatic heterocycles. The summed E-state index contributed by atoms with van der Waals surface area (Å²) in [7, 11) is 1.62. The molecule has 1 N–H and O–H groups in total. The van der Waals surface area contributed by atoms with Crippen molar-refractivity contribution in [1.29, 1.82) is 0 Å². The number of furan rings is 1. The Bertz CT molecular complexity index is 835. The first kappa shape index (κ1) is 15.7. The number of H-pyrrole nitrogens is 1. The second-order valence-corrected chi connectivity index (χ2v) is 5.20. The van der Waals surface area contributed by atoms with Gasteiger partial charge in [-0.05, 0) is 29.3 Å². The van der Waals surface area contributed by atoms with E-state index in [2.05, 4.69) is 15.2 Å². The molecule has 0 unspecified atom stereocenters. The van der Waals surface area contributed by atoms with Crippen LogP contribution in [0.3, 0.4) is 0 Å². The molecular weight excluding hydrogens is 310 g/mol. The van der Waals surface area contributed by atoms with Gasteiger partial charge in [-0.25, -0.2) is 4.98 Å². The molecule has 0 aliphatic rings. The first-order valence-corrected chi connectivity index (χ1v) is 7.28. The Hall–Kier alpha value is -3.22. The number of nitrogens with zero attached hydrogens (tertiary/aromatic N) is 2. The van der Waals surface area contributed by atoms with Gasteiger partial charge in [-0.1, -0.05) is 12.1 Å². The van der Waals surface area contributed by atoms with Crippen LogP contribution in [-0.4, -0.2) is 33.9 Å². The van der Waals surface area contributed by atoms with Gasteiger partial charge in [0.05, 0.1) is 13.4 Å². The number of rotatable bonds is 7. The van der Waals surface area contributed by atoms with Crippen LogP contribution >= 0.6 is 0 Å². The molecule has 0 amide bonds. The quantitative estimate of drug-likeness (QED) is 0.527. The Morgan fingerprint density at radius 2 is 2.00 bits per heavy atom. The molecule has 3 rings (SSSR count). The van der Waals surface area contributed by atoms with Crippen molar-refractivity contribution in [3.8, 4) is 5.75 Å². The maximum Gasteiger partial charge on any atom is 0.267 e. The Kier molecular flexibility index (Phi) is 4.51. The molecule has 2 aromatic heterocycles. The van der Waals surface area contributed by atoms with Crippen molar-refractivity contribution >= 4 is 11.6 Å². The summed E-state index contributed by atoms with van der Waals surface area (Å²) in [5.74, 6) is 0.0887. The van der Waals surface area contributed by atoms with E-state index in [1.54, 1.807) is 13.2 Å². The lowest BCUT2D eigenvalue weighted by molar-refractivity contribution is -0.114. The molecule has 0 saturated carbocycles.